The second-order valence-corrected chi connectivity index (χ2v) is 14.8. The van der Waals surface area contributed by atoms with Crippen LogP contribution in [0, 0.1) is 17.3 Å². The molecule has 0 aromatic heterocycles. The molecule has 3 amide bonds. The molecule has 1 saturated carbocycles. The topological polar surface area (TPSA) is 133 Å². The normalized spacial score (nSPS) is 17.8. The van der Waals surface area contributed by atoms with Crippen LogP contribution in [0.25, 0.3) is 0 Å². The molecule has 0 spiro atoms. The predicted molar refractivity (Wildman–Crippen MR) is 183 cm³/mol. The van der Waals surface area contributed by atoms with E-state index in [1.54, 1.807) is 61.0 Å². The lowest BCUT2D eigenvalue weighted by Gasteiger charge is -2.33. The molecule has 1 heterocycles. The molecule has 2 aliphatic rings. The molecule has 0 radical (unpaired) electrons. The number of likely N-dealkylation sites (tertiary alicyclic amines) is 1. The molecule has 2 fully saturated rings. The van der Waals surface area contributed by atoms with Crippen LogP contribution in [0.4, 0.5) is 9.59 Å². The third-order valence-electron chi connectivity index (χ3n) is 8.65. The van der Waals surface area contributed by atoms with Gasteiger partial charge in [-0.05, 0) is 79.5 Å². The molecule has 1 aliphatic carbocycles. The van der Waals surface area contributed by atoms with Crippen molar-refractivity contribution >= 4 is 24.1 Å². The van der Waals surface area contributed by atoms with Gasteiger partial charge in [0.25, 0.3) is 5.91 Å². The monoisotopic (exact) mass is 691 g/mol. The smallest absolute Gasteiger partial charge is 0.410 e. The molecule has 3 rings (SSSR count). The summed E-state index contributed by atoms with van der Waals surface area (Å²) in [6, 6.07) is 4.98. The van der Waals surface area contributed by atoms with Crippen molar-refractivity contribution in [2.45, 2.75) is 85.4 Å². The Labute approximate surface area is 291 Å². The van der Waals surface area contributed by atoms with Crippen molar-refractivity contribution in [3.05, 3.63) is 23.8 Å². The van der Waals surface area contributed by atoms with Gasteiger partial charge in [0, 0.05) is 75.8 Å². The first-order chi connectivity index (χ1) is 23.0. The molecule has 0 bridgehead atoms. The van der Waals surface area contributed by atoms with Gasteiger partial charge in [-0.25, -0.2) is 9.59 Å². The van der Waals surface area contributed by atoms with Gasteiger partial charge in [0.15, 0.2) is 11.5 Å². The summed E-state index contributed by atoms with van der Waals surface area (Å²) in [4.78, 5) is 58.2. The highest BCUT2D eigenvalue weighted by atomic mass is 16.6. The average molecular weight is 692 g/mol. The molecule has 1 aromatic carbocycles. The Morgan fingerprint density at radius 1 is 0.918 bits per heavy atom. The number of ether oxygens (including phenoxy) is 6. The lowest BCUT2D eigenvalue weighted by Crippen LogP contribution is -2.45. The quantitative estimate of drug-likeness (QED) is 0.129. The molecule has 0 N–H and O–H groups in total. The lowest BCUT2D eigenvalue weighted by molar-refractivity contribution is -0.153. The highest BCUT2D eigenvalue weighted by Crippen LogP contribution is 2.34. The van der Waals surface area contributed by atoms with Gasteiger partial charge < -0.3 is 43.1 Å². The summed E-state index contributed by atoms with van der Waals surface area (Å²) in [6.45, 7) is 14.9. The van der Waals surface area contributed by atoms with Crippen LogP contribution >= 0.6 is 0 Å². The van der Waals surface area contributed by atoms with Gasteiger partial charge in [-0.15, -0.1) is 0 Å². The van der Waals surface area contributed by atoms with E-state index >= 15 is 0 Å². The van der Waals surface area contributed by atoms with Crippen LogP contribution in [-0.2, 0) is 23.7 Å². The van der Waals surface area contributed by atoms with Gasteiger partial charge >= 0.3 is 18.2 Å². The summed E-state index contributed by atoms with van der Waals surface area (Å²) >= 11 is 0. The van der Waals surface area contributed by atoms with Crippen molar-refractivity contribution in [2.75, 3.05) is 67.3 Å². The Balaban J connectivity index is 1.85. The zero-order chi connectivity index (χ0) is 36.5. The third kappa shape index (κ3) is 11.4. The van der Waals surface area contributed by atoms with Gasteiger partial charge in [0.1, 0.15) is 12.2 Å². The summed E-state index contributed by atoms with van der Waals surface area (Å²) in [5.41, 5.74) is -1.23. The first-order valence-electron chi connectivity index (χ1n) is 17.1. The molecule has 49 heavy (non-hydrogen) atoms. The van der Waals surface area contributed by atoms with E-state index in [0.717, 1.165) is 12.8 Å². The standard InChI is InChI=1S/C36H57N3O10/c1-24(2)38(31(40)25-12-15-29(45-9)30(18-25)47-17-11-16-44-8)21-26-19-37(33(42)49-35(3,4)5)20-27(26)22-39(28-13-14-28)34(43)48-23-36(6,7)32(41)46-10/h12,15,18,24,26-28H,11,13-14,16-17,19-23H2,1-10H3/t26-,27+/m1/s1. The van der Waals surface area contributed by atoms with E-state index in [2.05, 4.69) is 0 Å². The fourth-order valence-electron chi connectivity index (χ4n) is 5.75. The number of rotatable bonds is 16. The van der Waals surface area contributed by atoms with Crippen LogP contribution in [0.5, 0.6) is 11.5 Å². The molecule has 0 unspecified atom stereocenters. The summed E-state index contributed by atoms with van der Waals surface area (Å²) in [6.07, 6.45) is 1.41. The molecule has 1 aliphatic heterocycles. The van der Waals surface area contributed by atoms with Crippen molar-refractivity contribution in [3.63, 3.8) is 0 Å². The molecule has 13 heteroatoms. The minimum atomic E-state index is -1.00. The van der Waals surface area contributed by atoms with E-state index in [1.807, 2.05) is 34.6 Å². The average Bonchev–Trinajstić information content (AvgIpc) is 3.81. The van der Waals surface area contributed by atoms with E-state index in [4.69, 9.17) is 28.4 Å². The zero-order valence-electron chi connectivity index (χ0n) is 31.0. The lowest BCUT2D eigenvalue weighted by atomic mass is 9.94. The molecule has 1 aromatic rings. The molecular formula is C36H57N3O10. The summed E-state index contributed by atoms with van der Waals surface area (Å²) in [7, 11) is 4.48. The fourth-order valence-corrected chi connectivity index (χ4v) is 5.75. The number of hydrogen-bond donors (Lipinski definition) is 0. The number of hydrogen-bond acceptors (Lipinski definition) is 10. The van der Waals surface area contributed by atoms with Crippen LogP contribution in [-0.4, -0.2) is 124 Å². The predicted octanol–water partition coefficient (Wildman–Crippen LogP) is 5.24. The number of amides is 3. The SMILES string of the molecule is COCCCOc1cc(C(=O)N(C[C@H]2CN(C(=O)OC(C)(C)C)C[C@H]2CN(C(=O)OCC(C)(C)C(=O)OC)C2CC2)C(C)C)ccc1OC. The maximum absolute atomic E-state index is 14.1. The van der Waals surface area contributed by atoms with Gasteiger partial charge in [-0.3, -0.25) is 9.59 Å². The van der Waals surface area contributed by atoms with Crippen LogP contribution in [0.15, 0.2) is 18.2 Å². The minimum absolute atomic E-state index is 0.00871. The van der Waals surface area contributed by atoms with Crippen molar-refractivity contribution in [3.8, 4) is 11.5 Å². The van der Waals surface area contributed by atoms with Gasteiger partial charge in [-0.1, -0.05) is 0 Å². The molecule has 1 saturated heterocycles. The number of benzene rings is 1. The number of carbonyl (C=O) groups is 4. The highest BCUT2D eigenvalue weighted by Gasteiger charge is 2.44. The number of methoxy groups -OCH3 is 3. The number of carbonyl (C=O) groups excluding carboxylic acids is 4. The first-order valence-corrected chi connectivity index (χ1v) is 17.1. The van der Waals surface area contributed by atoms with E-state index < -0.39 is 29.2 Å². The number of esters is 1. The Kier molecular flexibility index (Phi) is 14.0. The van der Waals surface area contributed by atoms with Crippen molar-refractivity contribution in [2.24, 2.45) is 17.3 Å². The molecule has 13 nitrogen and oxygen atoms in total. The maximum Gasteiger partial charge on any atom is 0.410 e. The summed E-state index contributed by atoms with van der Waals surface area (Å²) < 4.78 is 32.8. The molecule has 2 atom stereocenters. The van der Waals surface area contributed by atoms with Crippen LogP contribution in [0.2, 0.25) is 0 Å². The first kappa shape index (κ1) is 39.7. The van der Waals surface area contributed by atoms with Crippen LogP contribution < -0.4 is 9.47 Å². The third-order valence-corrected chi connectivity index (χ3v) is 8.65. The molecular weight excluding hydrogens is 634 g/mol. The number of nitrogens with zero attached hydrogens (tertiary/aromatic N) is 3. The van der Waals surface area contributed by atoms with E-state index in [0.29, 0.717) is 62.9 Å². The second-order valence-electron chi connectivity index (χ2n) is 14.8. The summed E-state index contributed by atoms with van der Waals surface area (Å²) in [5.74, 6) is 0.00816. The summed E-state index contributed by atoms with van der Waals surface area (Å²) in [5, 5.41) is 0. The van der Waals surface area contributed by atoms with Crippen molar-refractivity contribution in [1.29, 1.82) is 0 Å². The fraction of sp³-hybridized carbons (Fsp3) is 0.722. The van der Waals surface area contributed by atoms with Crippen LogP contribution in [0.1, 0.15) is 78.1 Å². The Morgan fingerprint density at radius 3 is 2.12 bits per heavy atom. The van der Waals surface area contributed by atoms with E-state index in [-0.39, 0.29) is 36.4 Å². The van der Waals surface area contributed by atoms with Gasteiger partial charge in [0.05, 0.1) is 26.2 Å². The zero-order valence-corrected chi connectivity index (χ0v) is 31.0. The maximum atomic E-state index is 14.1. The molecule has 276 valence electrons. The second kappa shape index (κ2) is 17.3. The van der Waals surface area contributed by atoms with Crippen molar-refractivity contribution < 1.29 is 47.6 Å². The minimum Gasteiger partial charge on any atom is -0.493 e. The Hall–Kier alpha value is -3.74. The largest absolute Gasteiger partial charge is 0.493 e. The van der Waals surface area contributed by atoms with E-state index in [1.165, 1.54) is 7.11 Å². The van der Waals surface area contributed by atoms with Gasteiger partial charge in [-0.2, -0.15) is 0 Å². The van der Waals surface area contributed by atoms with Gasteiger partial charge in [0.2, 0.25) is 0 Å². The van der Waals surface area contributed by atoms with E-state index in [9.17, 15) is 19.2 Å². The Morgan fingerprint density at radius 2 is 1.57 bits per heavy atom. The Bertz CT molecular complexity index is 1290. The highest BCUT2D eigenvalue weighted by molar-refractivity contribution is 5.95. The van der Waals surface area contributed by atoms with Crippen molar-refractivity contribution in [1.82, 2.24) is 14.7 Å². The van der Waals surface area contributed by atoms with Crippen LogP contribution in [0.3, 0.4) is 0 Å².